The van der Waals surface area contributed by atoms with Crippen molar-refractivity contribution in [3.8, 4) is 0 Å². The van der Waals surface area contributed by atoms with Crippen LogP contribution in [0.5, 0.6) is 0 Å². The van der Waals surface area contributed by atoms with Gasteiger partial charge in [-0.15, -0.1) is 0 Å². The summed E-state index contributed by atoms with van der Waals surface area (Å²) in [6.45, 7) is 2.21. The van der Waals surface area contributed by atoms with Crippen LogP contribution < -0.4 is 5.73 Å². The first-order valence-electron chi connectivity index (χ1n) is 7.93. The molecule has 3 atom stereocenters. The second-order valence-electron chi connectivity index (χ2n) is 6.42. The molecule has 3 heteroatoms. The van der Waals surface area contributed by atoms with Crippen LogP contribution in [0.1, 0.15) is 44.9 Å². The van der Waals surface area contributed by atoms with Crippen molar-refractivity contribution < 1.29 is 0 Å². The van der Waals surface area contributed by atoms with Gasteiger partial charge in [-0.2, -0.15) is 11.8 Å². The predicted molar refractivity (Wildman–Crippen MR) is 80.0 cm³/mol. The summed E-state index contributed by atoms with van der Waals surface area (Å²) in [7, 11) is 0. The molecule has 3 rings (SSSR count). The molecule has 2 heterocycles. The Bertz CT molecular complexity index is 259. The maximum absolute atomic E-state index is 6.14. The lowest BCUT2D eigenvalue weighted by atomic mass is 9.91. The summed E-state index contributed by atoms with van der Waals surface area (Å²) in [5.41, 5.74) is 6.14. The van der Waals surface area contributed by atoms with Crippen LogP contribution >= 0.6 is 11.8 Å². The topological polar surface area (TPSA) is 29.3 Å². The van der Waals surface area contributed by atoms with E-state index in [1.165, 1.54) is 63.0 Å². The van der Waals surface area contributed by atoms with Gasteiger partial charge in [0.15, 0.2) is 0 Å². The minimum absolute atomic E-state index is 0.688. The van der Waals surface area contributed by atoms with Crippen LogP contribution in [0, 0.1) is 11.8 Å². The lowest BCUT2D eigenvalue weighted by Crippen LogP contribution is -2.49. The van der Waals surface area contributed by atoms with Crippen LogP contribution in [-0.4, -0.2) is 41.6 Å². The number of nitrogens with two attached hydrogens (primary N) is 1. The summed E-state index contributed by atoms with van der Waals surface area (Å²) in [5, 5.41) is 0. The summed E-state index contributed by atoms with van der Waals surface area (Å²) in [4.78, 5) is 2.84. The molecule has 104 valence electrons. The number of nitrogens with zero attached hydrogens (tertiary/aromatic N) is 1. The highest BCUT2D eigenvalue weighted by atomic mass is 32.2. The van der Waals surface area contributed by atoms with E-state index in [-0.39, 0.29) is 0 Å². The molecule has 3 unspecified atom stereocenters. The fourth-order valence-electron chi connectivity index (χ4n) is 4.53. The van der Waals surface area contributed by atoms with E-state index in [0.717, 1.165) is 24.4 Å². The molecule has 3 fully saturated rings. The first kappa shape index (κ1) is 13.3. The summed E-state index contributed by atoms with van der Waals surface area (Å²) < 4.78 is 0. The van der Waals surface area contributed by atoms with Gasteiger partial charge < -0.3 is 5.73 Å². The average Bonchev–Trinajstić information content (AvgIpc) is 3.13. The van der Waals surface area contributed by atoms with Crippen LogP contribution in [0.4, 0.5) is 0 Å². The fourth-order valence-corrected chi connectivity index (χ4v) is 5.86. The van der Waals surface area contributed by atoms with Gasteiger partial charge in [-0.25, -0.2) is 0 Å². The zero-order valence-electron chi connectivity index (χ0n) is 11.5. The molecule has 2 saturated heterocycles. The van der Waals surface area contributed by atoms with Crippen molar-refractivity contribution in [3.05, 3.63) is 0 Å². The second kappa shape index (κ2) is 6.15. The molecular formula is C15H28N2S. The Balaban J connectivity index is 1.67. The minimum Gasteiger partial charge on any atom is -0.329 e. The maximum Gasteiger partial charge on any atom is 0.0257 e. The zero-order chi connectivity index (χ0) is 12.4. The van der Waals surface area contributed by atoms with Crippen molar-refractivity contribution >= 4 is 11.8 Å². The predicted octanol–water partition coefficient (Wildman–Crippen LogP) is 2.72. The first-order valence-corrected chi connectivity index (χ1v) is 9.09. The molecule has 0 spiro atoms. The third-order valence-electron chi connectivity index (χ3n) is 5.46. The van der Waals surface area contributed by atoms with Crippen LogP contribution in [0.3, 0.4) is 0 Å². The Kier molecular flexibility index (Phi) is 4.53. The van der Waals surface area contributed by atoms with E-state index in [0.29, 0.717) is 6.04 Å². The van der Waals surface area contributed by atoms with E-state index in [4.69, 9.17) is 5.73 Å². The summed E-state index contributed by atoms with van der Waals surface area (Å²) >= 11 is 2.14. The molecule has 0 radical (unpaired) electrons. The Morgan fingerprint density at radius 2 is 1.94 bits per heavy atom. The van der Waals surface area contributed by atoms with E-state index in [9.17, 15) is 0 Å². The quantitative estimate of drug-likeness (QED) is 0.850. The SMILES string of the molecule is NCC(C1CCSC1)N1CCCC1C1CCCC1. The van der Waals surface area contributed by atoms with Crippen molar-refractivity contribution in [2.24, 2.45) is 17.6 Å². The third kappa shape index (κ3) is 2.59. The Hall–Kier alpha value is 0.270. The van der Waals surface area contributed by atoms with E-state index in [1.54, 1.807) is 0 Å². The number of rotatable bonds is 4. The number of hydrogen-bond acceptors (Lipinski definition) is 3. The molecule has 1 saturated carbocycles. The maximum atomic E-state index is 6.14. The van der Waals surface area contributed by atoms with Crippen molar-refractivity contribution in [2.75, 3.05) is 24.6 Å². The van der Waals surface area contributed by atoms with Gasteiger partial charge in [-0.05, 0) is 62.0 Å². The highest BCUT2D eigenvalue weighted by molar-refractivity contribution is 7.99. The van der Waals surface area contributed by atoms with Gasteiger partial charge in [0, 0.05) is 18.6 Å². The largest absolute Gasteiger partial charge is 0.329 e. The highest BCUT2D eigenvalue weighted by Crippen LogP contribution is 2.39. The summed E-state index contributed by atoms with van der Waals surface area (Å²) in [6.07, 6.45) is 10.2. The molecule has 3 aliphatic rings. The fraction of sp³-hybridized carbons (Fsp3) is 1.00. The molecule has 18 heavy (non-hydrogen) atoms. The molecule has 0 amide bonds. The Labute approximate surface area is 116 Å². The van der Waals surface area contributed by atoms with E-state index in [2.05, 4.69) is 16.7 Å². The third-order valence-corrected chi connectivity index (χ3v) is 6.65. The van der Waals surface area contributed by atoms with Crippen LogP contribution in [-0.2, 0) is 0 Å². The van der Waals surface area contributed by atoms with Crippen molar-refractivity contribution in [3.63, 3.8) is 0 Å². The van der Waals surface area contributed by atoms with Crippen LogP contribution in [0.15, 0.2) is 0 Å². The molecular weight excluding hydrogens is 240 g/mol. The smallest absolute Gasteiger partial charge is 0.0257 e. The van der Waals surface area contributed by atoms with Gasteiger partial charge in [0.2, 0.25) is 0 Å². The zero-order valence-corrected chi connectivity index (χ0v) is 12.3. The van der Waals surface area contributed by atoms with Crippen molar-refractivity contribution in [2.45, 2.75) is 57.0 Å². The first-order chi connectivity index (χ1) is 8.90. The molecule has 2 N–H and O–H groups in total. The summed E-state index contributed by atoms with van der Waals surface area (Å²) in [6, 6.07) is 1.57. The van der Waals surface area contributed by atoms with Gasteiger partial charge in [0.1, 0.15) is 0 Å². The van der Waals surface area contributed by atoms with Crippen LogP contribution in [0.25, 0.3) is 0 Å². The molecule has 2 nitrogen and oxygen atoms in total. The van der Waals surface area contributed by atoms with Gasteiger partial charge in [-0.1, -0.05) is 12.8 Å². The Morgan fingerprint density at radius 3 is 2.61 bits per heavy atom. The van der Waals surface area contributed by atoms with Gasteiger partial charge in [-0.3, -0.25) is 4.90 Å². The Morgan fingerprint density at radius 1 is 1.11 bits per heavy atom. The van der Waals surface area contributed by atoms with E-state index in [1.807, 2.05) is 0 Å². The normalized spacial score (nSPS) is 36.5. The lowest BCUT2D eigenvalue weighted by Gasteiger charge is -2.38. The molecule has 0 aromatic heterocycles. The average molecular weight is 268 g/mol. The van der Waals surface area contributed by atoms with Crippen molar-refractivity contribution in [1.82, 2.24) is 4.90 Å². The van der Waals surface area contributed by atoms with Crippen LogP contribution in [0.2, 0.25) is 0 Å². The standard InChI is InChI=1S/C15H28N2S/c16-10-15(13-7-9-18-11-13)17-8-3-6-14(17)12-4-1-2-5-12/h12-15H,1-11,16H2. The minimum atomic E-state index is 0.688. The molecule has 1 aliphatic carbocycles. The monoisotopic (exact) mass is 268 g/mol. The van der Waals surface area contributed by atoms with Crippen molar-refractivity contribution in [1.29, 1.82) is 0 Å². The molecule has 0 aromatic rings. The lowest BCUT2D eigenvalue weighted by molar-refractivity contribution is 0.106. The van der Waals surface area contributed by atoms with E-state index >= 15 is 0 Å². The second-order valence-corrected chi connectivity index (χ2v) is 7.57. The molecule has 2 aliphatic heterocycles. The van der Waals surface area contributed by atoms with E-state index < -0.39 is 0 Å². The molecule has 0 aromatic carbocycles. The number of thioether (sulfide) groups is 1. The highest BCUT2D eigenvalue weighted by Gasteiger charge is 2.39. The summed E-state index contributed by atoms with van der Waals surface area (Å²) in [5.74, 6) is 4.59. The molecule has 0 bridgehead atoms. The number of likely N-dealkylation sites (tertiary alicyclic amines) is 1. The van der Waals surface area contributed by atoms with Gasteiger partial charge in [0.25, 0.3) is 0 Å². The van der Waals surface area contributed by atoms with Gasteiger partial charge in [0.05, 0.1) is 0 Å². The van der Waals surface area contributed by atoms with Gasteiger partial charge >= 0.3 is 0 Å². The number of hydrogen-bond donors (Lipinski definition) is 1.